The highest BCUT2D eigenvalue weighted by Crippen LogP contribution is 2.34. The van der Waals surface area contributed by atoms with Gasteiger partial charge in [0.15, 0.2) is 5.82 Å². The van der Waals surface area contributed by atoms with E-state index in [9.17, 15) is 9.59 Å². The van der Waals surface area contributed by atoms with Gasteiger partial charge < -0.3 is 10.1 Å². The molecule has 3 rings (SSSR count). The number of benzene rings is 1. The summed E-state index contributed by atoms with van der Waals surface area (Å²) >= 11 is 3.65. The van der Waals surface area contributed by atoms with E-state index >= 15 is 0 Å². The van der Waals surface area contributed by atoms with Crippen LogP contribution < -0.4 is 20.9 Å². The molecule has 1 aliphatic heterocycles. The van der Waals surface area contributed by atoms with Gasteiger partial charge in [0.1, 0.15) is 12.3 Å². The fourth-order valence-corrected chi connectivity index (χ4v) is 4.87. The van der Waals surface area contributed by atoms with Crippen molar-refractivity contribution in [1.82, 2.24) is 31.1 Å². The Morgan fingerprint density at radius 2 is 2.15 bits per heavy atom. The summed E-state index contributed by atoms with van der Waals surface area (Å²) in [6.07, 6.45) is 0. The average molecular weight is 409 g/mol. The van der Waals surface area contributed by atoms with E-state index in [0.29, 0.717) is 17.3 Å². The van der Waals surface area contributed by atoms with E-state index in [1.54, 1.807) is 36.0 Å². The predicted octanol–water partition coefficient (Wildman–Crippen LogP) is 1.06. The molecule has 12 heteroatoms. The van der Waals surface area contributed by atoms with E-state index in [4.69, 9.17) is 4.74 Å². The Bertz CT molecular complexity index is 795. The molecule has 0 bridgehead atoms. The Hall–Kier alpha value is -2.47. The summed E-state index contributed by atoms with van der Waals surface area (Å²) in [6.45, 7) is -0.146. The second kappa shape index (κ2) is 9.46. The van der Waals surface area contributed by atoms with E-state index in [-0.39, 0.29) is 11.8 Å². The van der Waals surface area contributed by atoms with Crippen LogP contribution in [0.1, 0.15) is 11.1 Å². The summed E-state index contributed by atoms with van der Waals surface area (Å²) in [5.74, 6) is 3.78. The Labute approximate surface area is 164 Å². The number of nitrogens with zero attached hydrogens (tertiary/aromatic N) is 4. The van der Waals surface area contributed by atoms with Crippen molar-refractivity contribution in [2.45, 2.75) is 11.8 Å². The zero-order valence-corrected chi connectivity index (χ0v) is 16.2. The van der Waals surface area contributed by atoms with Crippen molar-refractivity contribution in [3.05, 3.63) is 30.1 Å². The number of urea groups is 1. The zero-order chi connectivity index (χ0) is 19.1. The molecular weight excluding hydrogens is 390 g/mol. The molecule has 144 valence electrons. The maximum Gasteiger partial charge on any atom is 0.338 e. The largest absolute Gasteiger partial charge is 0.495 e. The highest BCUT2D eigenvalue weighted by atomic mass is 32.2. The Kier molecular flexibility index (Phi) is 6.76. The molecule has 0 aliphatic carbocycles. The van der Waals surface area contributed by atoms with Crippen molar-refractivity contribution in [3.8, 4) is 5.75 Å². The molecule has 3 amide bonds. The number of nitrogens with one attached hydrogen (secondary N) is 3. The van der Waals surface area contributed by atoms with Crippen LogP contribution in [0.25, 0.3) is 0 Å². The van der Waals surface area contributed by atoms with Crippen molar-refractivity contribution in [1.29, 1.82) is 0 Å². The third-order valence-electron chi connectivity index (χ3n) is 3.53. The van der Waals surface area contributed by atoms with Crippen LogP contribution in [0.4, 0.5) is 10.5 Å². The molecule has 1 fully saturated rings. The topological polar surface area (TPSA) is 123 Å². The summed E-state index contributed by atoms with van der Waals surface area (Å²) in [4.78, 5) is 25.1. The first-order valence-electron chi connectivity index (χ1n) is 8.11. The number of aromatic nitrogens is 4. The van der Waals surface area contributed by atoms with Gasteiger partial charge in [-0.05, 0) is 17.3 Å². The summed E-state index contributed by atoms with van der Waals surface area (Å²) in [7, 11) is 1.50. The molecule has 3 N–H and O–H groups in total. The molecule has 2 heterocycles. The highest BCUT2D eigenvalue weighted by Gasteiger charge is 2.21. The molecule has 1 unspecified atom stereocenters. The van der Waals surface area contributed by atoms with E-state index in [1.807, 2.05) is 11.8 Å². The van der Waals surface area contributed by atoms with Crippen molar-refractivity contribution >= 4 is 41.1 Å². The molecular formula is C15H19N7O3S2. The number of hydrazine groups is 1. The third-order valence-corrected chi connectivity index (χ3v) is 6.28. The number of anilines is 1. The molecule has 27 heavy (non-hydrogen) atoms. The van der Waals surface area contributed by atoms with E-state index in [2.05, 4.69) is 31.6 Å². The minimum Gasteiger partial charge on any atom is -0.495 e. The lowest BCUT2D eigenvalue weighted by molar-refractivity contribution is -0.122. The SMILES string of the molecule is COc1ccccc1NC(=O)NNC(=O)Cn1nnc(C2CSCCS2)n1. The minimum atomic E-state index is -0.601. The Balaban J connectivity index is 1.45. The maximum atomic E-state index is 12.0. The van der Waals surface area contributed by atoms with Gasteiger partial charge in [0, 0.05) is 17.3 Å². The number of tetrazole rings is 1. The molecule has 1 atom stereocenters. The lowest BCUT2D eigenvalue weighted by Gasteiger charge is -2.17. The van der Waals surface area contributed by atoms with Gasteiger partial charge in [-0.1, -0.05) is 12.1 Å². The quantitative estimate of drug-likeness (QED) is 0.627. The normalized spacial score (nSPS) is 16.4. The molecule has 0 saturated carbocycles. The van der Waals surface area contributed by atoms with Gasteiger partial charge in [0.05, 0.1) is 18.0 Å². The van der Waals surface area contributed by atoms with E-state index < -0.39 is 11.9 Å². The molecule has 2 aromatic rings. The Morgan fingerprint density at radius 1 is 1.30 bits per heavy atom. The van der Waals surface area contributed by atoms with Gasteiger partial charge >= 0.3 is 6.03 Å². The van der Waals surface area contributed by atoms with Crippen molar-refractivity contribution in [3.63, 3.8) is 0 Å². The van der Waals surface area contributed by atoms with Crippen LogP contribution in [-0.4, -0.2) is 56.5 Å². The highest BCUT2D eigenvalue weighted by molar-refractivity contribution is 8.06. The van der Waals surface area contributed by atoms with Gasteiger partial charge in [0.2, 0.25) is 0 Å². The van der Waals surface area contributed by atoms with Crippen molar-refractivity contribution in [2.24, 2.45) is 0 Å². The molecule has 0 radical (unpaired) electrons. The number of rotatable bonds is 5. The molecule has 0 spiro atoms. The zero-order valence-electron chi connectivity index (χ0n) is 14.5. The lowest BCUT2D eigenvalue weighted by Crippen LogP contribution is -2.45. The first-order valence-corrected chi connectivity index (χ1v) is 10.3. The first kappa shape index (κ1) is 19.3. The number of hydrogen-bond donors (Lipinski definition) is 3. The van der Waals surface area contributed by atoms with Crippen LogP contribution in [0.5, 0.6) is 5.75 Å². The van der Waals surface area contributed by atoms with Gasteiger partial charge in [0.25, 0.3) is 5.91 Å². The van der Waals surface area contributed by atoms with Gasteiger partial charge in [-0.3, -0.25) is 10.2 Å². The lowest BCUT2D eigenvalue weighted by atomic mass is 10.3. The van der Waals surface area contributed by atoms with Gasteiger partial charge in [-0.25, -0.2) is 10.2 Å². The number of thioether (sulfide) groups is 2. The van der Waals surface area contributed by atoms with Crippen molar-refractivity contribution < 1.29 is 14.3 Å². The Morgan fingerprint density at radius 3 is 2.93 bits per heavy atom. The summed E-state index contributed by atoms with van der Waals surface area (Å²) in [5, 5.41) is 14.9. The minimum absolute atomic E-state index is 0.146. The van der Waals surface area contributed by atoms with Gasteiger partial charge in [-0.15, -0.1) is 22.0 Å². The summed E-state index contributed by atoms with van der Waals surface area (Å²) < 4.78 is 5.14. The van der Waals surface area contributed by atoms with Crippen LogP contribution in [0.2, 0.25) is 0 Å². The number of methoxy groups -OCH3 is 1. The number of amides is 3. The standard InChI is InChI=1S/C15H19N7O3S2/c1-25-11-5-3-2-4-10(11)16-15(24)19-17-13(23)8-22-20-14(18-21-22)12-9-26-6-7-27-12/h2-5,12H,6-9H2,1H3,(H,17,23)(H2,16,19,24). The smallest absolute Gasteiger partial charge is 0.338 e. The number of ether oxygens (including phenoxy) is 1. The molecule has 1 aliphatic rings. The molecule has 1 saturated heterocycles. The van der Waals surface area contributed by atoms with Crippen LogP contribution in [0.15, 0.2) is 24.3 Å². The predicted molar refractivity (Wildman–Crippen MR) is 104 cm³/mol. The summed E-state index contributed by atoms with van der Waals surface area (Å²) in [5.41, 5.74) is 5.05. The second-order valence-electron chi connectivity index (χ2n) is 5.44. The second-order valence-corrected chi connectivity index (χ2v) is 7.90. The fourth-order valence-electron chi connectivity index (χ4n) is 2.28. The number of carbonyl (C=O) groups excluding carboxylic acids is 2. The van der Waals surface area contributed by atoms with Crippen LogP contribution in [0, 0.1) is 0 Å². The van der Waals surface area contributed by atoms with Gasteiger partial charge in [-0.2, -0.15) is 16.6 Å². The third kappa shape index (κ3) is 5.50. The van der Waals surface area contributed by atoms with Crippen LogP contribution in [0.3, 0.4) is 0 Å². The van der Waals surface area contributed by atoms with Crippen LogP contribution in [-0.2, 0) is 11.3 Å². The molecule has 10 nitrogen and oxygen atoms in total. The molecule has 1 aromatic heterocycles. The monoisotopic (exact) mass is 409 g/mol. The fraction of sp³-hybridized carbons (Fsp3) is 0.400. The maximum absolute atomic E-state index is 12.0. The number of para-hydroxylation sites is 2. The average Bonchev–Trinajstić information content (AvgIpc) is 3.16. The van der Waals surface area contributed by atoms with Crippen LogP contribution >= 0.6 is 23.5 Å². The van der Waals surface area contributed by atoms with E-state index in [1.165, 1.54) is 11.9 Å². The number of hydrogen-bond acceptors (Lipinski definition) is 8. The van der Waals surface area contributed by atoms with E-state index in [0.717, 1.165) is 17.3 Å². The molecule has 1 aromatic carbocycles. The number of carbonyl (C=O) groups is 2. The van der Waals surface area contributed by atoms with Crippen molar-refractivity contribution in [2.75, 3.05) is 29.7 Å². The summed E-state index contributed by atoms with van der Waals surface area (Å²) in [6, 6.07) is 6.34. The first-order chi connectivity index (χ1) is 13.2.